The van der Waals surface area contributed by atoms with Gasteiger partial charge in [-0.3, -0.25) is 0 Å². The van der Waals surface area contributed by atoms with Crippen molar-refractivity contribution in [2.24, 2.45) is 0 Å². The zero-order valence-electron chi connectivity index (χ0n) is 34.1. The third-order valence-electron chi connectivity index (χ3n) is 14.2. The van der Waals surface area contributed by atoms with E-state index in [2.05, 4.69) is 202 Å². The molecule has 3 aliphatic carbocycles. The quantitative estimate of drug-likeness (QED) is 0.170. The van der Waals surface area contributed by atoms with Crippen LogP contribution in [-0.2, 0) is 10.8 Å². The normalized spacial score (nSPS) is 16.8. The molecule has 0 aliphatic heterocycles. The zero-order valence-corrected chi connectivity index (χ0v) is 34.1. The number of rotatable bonds is 3. The van der Waals surface area contributed by atoms with E-state index in [1.807, 2.05) is 0 Å². The summed E-state index contributed by atoms with van der Waals surface area (Å²) in [5, 5.41) is 6.61. The number of benzene rings is 7. The van der Waals surface area contributed by atoms with Gasteiger partial charge in [-0.1, -0.05) is 130 Å². The van der Waals surface area contributed by atoms with Gasteiger partial charge >= 0.3 is 0 Å². The van der Waals surface area contributed by atoms with Crippen LogP contribution in [0.25, 0.3) is 78.5 Å². The molecule has 7 aromatic carbocycles. The summed E-state index contributed by atoms with van der Waals surface area (Å²) in [5.74, 6) is 0.248. The minimum atomic E-state index is -0.0693. The van der Waals surface area contributed by atoms with Crippen molar-refractivity contribution < 1.29 is 0 Å². The van der Waals surface area contributed by atoms with Gasteiger partial charge in [-0.25, -0.2) is 0 Å². The molecular weight excluding hydrogens is 701 g/mol. The highest BCUT2D eigenvalue weighted by molar-refractivity contribution is 6.12. The standard InChI is InChI=1S/C56H46N2/c1-33-15-21-37(22-16-33)57-51-25-19-35(27-43(51)45-29-41-39-11-7-9-13-47(39)55(3,4)49(41)31-53(45)57)36-20-26-52-44(28-36)46-30-42-40-12-8-10-14-48(40)56(5,6)50(42)32-54(46)58(52)38-23-17-34(2)18-24-38/h7-19,21-32,36H,20H2,1-6H3. The molecule has 0 radical (unpaired) electrons. The molecule has 12 rings (SSSR count). The fraction of sp³-hybridized carbons (Fsp3) is 0.179. The molecule has 0 N–H and O–H groups in total. The Morgan fingerprint density at radius 3 is 1.59 bits per heavy atom. The second kappa shape index (κ2) is 11.6. The van der Waals surface area contributed by atoms with Gasteiger partial charge in [-0.15, -0.1) is 0 Å². The molecule has 280 valence electrons. The number of hydrogen-bond donors (Lipinski definition) is 0. The predicted molar refractivity (Wildman–Crippen MR) is 244 cm³/mol. The Morgan fingerprint density at radius 2 is 0.983 bits per heavy atom. The molecule has 2 aromatic heterocycles. The lowest BCUT2D eigenvalue weighted by atomic mass is 9.82. The highest BCUT2D eigenvalue weighted by Gasteiger charge is 2.37. The van der Waals surface area contributed by atoms with Gasteiger partial charge < -0.3 is 9.13 Å². The van der Waals surface area contributed by atoms with Crippen LogP contribution in [0.4, 0.5) is 0 Å². The highest BCUT2D eigenvalue weighted by atomic mass is 15.0. The van der Waals surface area contributed by atoms with Gasteiger partial charge in [0.2, 0.25) is 0 Å². The van der Waals surface area contributed by atoms with Crippen molar-refractivity contribution in [3.8, 4) is 33.6 Å². The Balaban J connectivity index is 1.09. The lowest BCUT2D eigenvalue weighted by Crippen LogP contribution is -2.31. The van der Waals surface area contributed by atoms with Gasteiger partial charge in [0.1, 0.15) is 0 Å². The van der Waals surface area contributed by atoms with Crippen LogP contribution in [0.3, 0.4) is 0 Å². The molecule has 1 unspecified atom stereocenters. The summed E-state index contributed by atoms with van der Waals surface area (Å²) in [5.41, 5.74) is 21.1. The average molecular weight is 747 g/mol. The van der Waals surface area contributed by atoms with Crippen LogP contribution >= 0.6 is 0 Å². The molecule has 1 atom stereocenters. The molecule has 0 saturated heterocycles. The molecule has 9 aromatic rings. The Labute approximate surface area is 340 Å². The summed E-state index contributed by atoms with van der Waals surface area (Å²) in [7, 11) is 0. The Morgan fingerprint density at radius 1 is 0.466 bits per heavy atom. The van der Waals surface area contributed by atoms with Crippen molar-refractivity contribution in [2.75, 3.05) is 0 Å². The van der Waals surface area contributed by atoms with Crippen molar-refractivity contribution in [3.63, 3.8) is 0 Å². The van der Waals surface area contributed by atoms with Crippen LogP contribution < -0.4 is 10.6 Å². The molecule has 58 heavy (non-hydrogen) atoms. The molecule has 2 heterocycles. The molecule has 2 nitrogen and oxygen atoms in total. The summed E-state index contributed by atoms with van der Waals surface area (Å²) in [6.45, 7) is 13.9. The van der Waals surface area contributed by atoms with Crippen molar-refractivity contribution in [2.45, 2.75) is 64.7 Å². The number of nitrogens with zero attached hydrogens (tertiary/aromatic N) is 2. The fourth-order valence-electron chi connectivity index (χ4n) is 11.0. The van der Waals surface area contributed by atoms with Gasteiger partial charge in [0.15, 0.2) is 0 Å². The van der Waals surface area contributed by atoms with Crippen molar-refractivity contribution in [1.82, 2.24) is 9.13 Å². The molecule has 0 bridgehead atoms. The molecule has 0 amide bonds. The second-order valence-electron chi connectivity index (χ2n) is 18.3. The summed E-state index contributed by atoms with van der Waals surface area (Å²) in [6, 6.07) is 53.4. The summed E-state index contributed by atoms with van der Waals surface area (Å²) in [4.78, 5) is 0. The Hall–Kier alpha value is -6.38. The molecule has 0 saturated carbocycles. The third-order valence-corrected chi connectivity index (χ3v) is 14.2. The lowest BCUT2D eigenvalue weighted by Gasteiger charge is -2.21. The van der Waals surface area contributed by atoms with Crippen molar-refractivity contribution in [3.05, 3.63) is 189 Å². The monoisotopic (exact) mass is 746 g/mol. The van der Waals surface area contributed by atoms with Crippen LogP contribution in [0.1, 0.15) is 79.0 Å². The maximum atomic E-state index is 2.58. The third kappa shape index (κ3) is 4.49. The number of aromatic nitrogens is 2. The zero-order chi connectivity index (χ0) is 39.2. The smallest absolute Gasteiger partial charge is 0.0544 e. The second-order valence-corrected chi connectivity index (χ2v) is 18.3. The fourth-order valence-corrected chi connectivity index (χ4v) is 11.0. The topological polar surface area (TPSA) is 9.86 Å². The van der Waals surface area contributed by atoms with Crippen LogP contribution in [0.5, 0.6) is 0 Å². The number of fused-ring (bicyclic) bond motifs is 12. The van der Waals surface area contributed by atoms with Crippen LogP contribution in [0.2, 0.25) is 0 Å². The van der Waals surface area contributed by atoms with Crippen molar-refractivity contribution in [1.29, 1.82) is 0 Å². The summed E-state index contributed by atoms with van der Waals surface area (Å²) >= 11 is 0. The molecule has 2 heteroatoms. The first-order chi connectivity index (χ1) is 28.1. The predicted octanol–water partition coefficient (Wildman–Crippen LogP) is 12.7. The van der Waals surface area contributed by atoms with Crippen LogP contribution in [0, 0.1) is 13.8 Å². The van der Waals surface area contributed by atoms with E-state index in [0.29, 0.717) is 0 Å². The first-order valence-corrected chi connectivity index (χ1v) is 21.0. The maximum absolute atomic E-state index is 2.58. The van der Waals surface area contributed by atoms with Crippen molar-refractivity contribution >= 4 is 44.9 Å². The largest absolute Gasteiger partial charge is 0.310 e. The Kier molecular flexibility index (Phi) is 6.75. The first-order valence-electron chi connectivity index (χ1n) is 21.0. The van der Waals surface area contributed by atoms with E-state index in [1.54, 1.807) is 0 Å². The average Bonchev–Trinajstić information content (AvgIpc) is 3.88. The van der Waals surface area contributed by atoms with E-state index in [9.17, 15) is 0 Å². The maximum Gasteiger partial charge on any atom is 0.0544 e. The SMILES string of the molecule is Cc1ccc(-n2c3c(c4cc5c(cc42)C(C)(C)c2ccccc2-5)=CC(c2ccc4c(c2)c2cc5c(cc2n4-c2ccc(C)cc2)C(C)(C)c2ccccc2-5)CC=3)cc1. The van der Waals surface area contributed by atoms with E-state index in [-0.39, 0.29) is 16.7 Å². The van der Waals surface area contributed by atoms with E-state index in [0.717, 1.165) is 6.42 Å². The highest BCUT2D eigenvalue weighted by Crippen LogP contribution is 2.52. The van der Waals surface area contributed by atoms with Crippen LogP contribution in [-0.4, -0.2) is 9.13 Å². The van der Waals surface area contributed by atoms with E-state index < -0.39 is 0 Å². The van der Waals surface area contributed by atoms with E-state index in [1.165, 1.54) is 116 Å². The van der Waals surface area contributed by atoms with Gasteiger partial charge in [-0.05, 0) is 131 Å². The summed E-state index contributed by atoms with van der Waals surface area (Å²) in [6.07, 6.45) is 6.04. The van der Waals surface area contributed by atoms with Gasteiger partial charge in [0.05, 0.1) is 16.6 Å². The van der Waals surface area contributed by atoms with E-state index >= 15 is 0 Å². The lowest BCUT2D eigenvalue weighted by molar-refractivity contribution is 0.661. The van der Waals surface area contributed by atoms with Gasteiger partial charge in [-0.2, -0.15) is 0 Å². The minimum Gasteiger partial charge on any atom is -0.310 e. The summed E-state index contributed by atoms with van der Waals surface area (Å²) < 4.78 is 5.02. The molecule has 3 aliphatic rings. The molecular formula is C56H46N2. The Bertz CT molecular complexity index is 3360. The van der Waals surface area contributed by atoms with Gasteiger partial charge in [0.25, 0.3) is 0 Å². The first kappa shape index (κ1) is 33.7. The number of aryl methyl sites for hydroxylation is 2. The van der Waals surface area contributed by atoms with E-state index in [4.69, 9.17) is 0 Å². The van der Waals surface area contributed by atoms with Crippen LogP contribution in [0.15, 0.2) is 140 Å². The molecule has 0 spiro atoms. The minimum absolute atomic E-state index is 0.0654. The van der Waals surface area contributed by atoms with Gasteiger partial charge in [0, 0.05) is 54.8 Å². The molecule has 0 fully saturated rings. The number of hydrogen-bond acceptors (Lipinski definition) is 0.